The van der Waals surface area contributed by atoms with E-state index in [2.05, 4.69) is 16.0 Å². The molecule has 3 N–H and O–H groups in total. The van der Waals surface area contributed by atoms with Gasteiger partial charge in [0.15, 0.2) is 0 Å². The molecule has 1 aromatic carbocycles. The van der Waals surface area contributed by atoms with E-state index in [1.54, 1.807) is 62.3 Å². The van der Waals surface area contributed by atoms with E-state index in [1.807, 2.05) is 30.3 Å². The Morgan fingerprint density at radius 3 is 1.77 bits per heavy atom. The van der Waals surface area contributed by atoms with E-state index in [0.717, 1.165) is 5.56 Å². The molecule has 0 aliphatic carbocycles. The molecular weight excluding hydrogens is 502 g/mol. The van der Waals surface area contributed by atoms with Gasteiger partial charge in [0.2, 0.25) is 0 Å². The Morgan fingerprint density at radius 1 is 0.718 bits per heavy atom. The number of hydrogen-bond donors (Lipinski definition) is 3. The Kier molecular flexibility index (Phi) is 13.6. The topological polar surface area (TPSA) is 124 Å². The number of carbonyl (C=O) groups is 3. The molecule has 2 atom stereocenters. The van der Waals surface area contributed by atoms with Crippen LogP contribution >= 0.6 is 0 Å². The van der Waals surface area contributed by atoms with E-state index < -0.39 is 41.1 Å². The second-order valence-electron chi connectivity index (χ2n) is 12.4. The van der Waals surface area contributed by atoms with Crippen molar-refractivity contribution in [3.63, 3.8) is 0 Å². The lowest BCUT2D eigenvalue weighted by atomic mass is 9.93. The standard InChI is InChI=1S/C29H49N3O7/c1-27(2,3)37-24(33)30-17-15-23(32-26(35)39-29(7,8)9)22(19-31-25(34)38-28(4,5)6)16-18-36-20-21-13-11-10-12-14-21/h10-14,22-23H,15-20H2,1-9H3,(H,30,33)(H,31,34)(H,32,35). The first-order valence-electron chi connectivity index (χ1n) is 13.5. The van der Waals surface area contributed by atoms with Crippen molar-refractivity contribution in [2.45, 2.75) is 105 Å². The van der Waals surface area contributed by atoms with Gasteiger partial charge in [-0.05, 0) is 86.6 Å². The zero-order valence-electron chi connectivity index (χ0n) is 25.1. The van der Waals surface area contributed by atoms with Crippen LogP contribution in [0.5, 0.6) is 0 Å². The second-order valence-corrected chi connectivity index (χ2v) is 12.4. The summed E-state index contributed by atoms with van der Waals surface area (Å²) in [5.74, 6) is -0.249. The third-order valence-corrected chi connectivity index (χ3v) is 5.05. The molecule has 0 saturated carbocycles. The van der Waals surface area contributed by atoms with E-state index in [1.165, 1.54) is 0 Å². The van der Waals surface area contributed by atoms with Gasteiger partial charge >= 0.3 is 18.3 Å². The summed E-state index contributed by atoms with van der Waals surface area (Å²) >= 11 is 0. The number of amides is 3. The fraction of sp³-hybridized carbons (Fsp3) is 0.690. The molecule has 222 valence electrons. The number of ether oxygens (including phenoxy) is 4. The van der Waals surface area contributed by atoms with Crippen molar-refractivity contribution in [1.29, 1.82) is 0 Å². The van der Waals surface area contributed by atoms with E-state index in [-0.39, 0.29) is 19.0 Å². The quantitative estimate of drug-likeness (QED) is 0.230. The average Bonchev–Trinajstić information content (AvgIpc) is 2.75. The highest BCUT2D eigenvalue weighted by atomic mass is 16.6. The van der Waals surface area contributed by atoms with Gasteiger partial charge in [-0.25, -0.2) is 14.4 Å². The van der Waals surface area contributed by atoms with Gasteiger partial charge in [0, 0.05) is 25.7 Å². The van der Waals surface area contributed by atoms with Crippen molar-refractivity contribution in [2.75, 3.05) is 19.7 Å². The summed E-state index contributed by atoms with van der Waals surface area (Å²) in [4.78, 5) is 37.3. The van der Waals surface area contributed by atoms with Gasteiger partial charge in [0.1, 0.15) is 16.8 Å². The molecule has 1 rings (SSSR count). The summed E-state index contributed by atoms with van der Waals surface area (Å²) in [5.41, 5.74) is -0.921. The highest BCUT2D eigenvalue weighted by Gasteiger charge is 2.28. The normalized spacial score (nSPS) is 13.6. The smallest absolute Gasteiger partial charge is 0.407 e. The zero-order valence-corrected chi connectivity index (χ0v) is 25.1. The molecule has 0 bridgehead atoms. The van der Waals surface area contributed by atoms with E-state index in [9.17, 15) is 14.4 Å². The van der Waals surface area contributed by atoms with Crippen LogP contribution in [0.15, 0.2) is 30.3 Å². The summed E-state index contributed by atoms with van der Waals surface area (Å²) in [6.07, 6.45) is -0.793. The van der Waals surface area contributed by atoms with Crippen molar-refractivity contribution < 1.29 is 33.3 Å². The maximum absolute atomic E-state index is 12.7. The van der Waals surface area contributed by atoms with E-state index in [4.69, 9.17) is 18.9 Å². The van der Waals surface area contributed by atoms with Gasteiger partial charge < -0.3 is 34.9 Å². The molecule has 0 saturated heterocycles. The maximum atomic E-state index is 12.7. The molecule has 10 heteroatoms. The molecule has 2 unspecified atom stereocenters. The molecule has 1 aromatic rings. The largest absolute Gasteiger partial charge is 0.444 e. The molecule has 0 spiro atoms. The van der Waals surface area contributed by atoms with Crippen molar-refractivity contribution in [2.24, 2.45) is 5.92 Å². The monoisotopic (exact) mass is 551 g/mol. The van der Waals surface area contributed by atoms with Gasteiger partial charge in [-0.15, -0.1) is 0 Å². The third kappa shape index (κ3) is 18.0. The summed E-state index contributed by atoms with van der Waals surface area (Å²) in [6, 6.07) is 9.35. The van der Waals surface area contributed by atoms with Crippen molar-refractivity contribution in [3.05, 3.63) is 35.9 Å². The second kappa shape index (κ2) is 15.5. The first kappa shape index (κ1) is 34.0. The number of benzene rings is 1. The van der Waals surface area contributed by atoms with Crippen LogP contribution in [-0.4, -0.2) is 60.8 Å². The summed E-state index contributed by atoms with van der Waals surface area (Å²) in [7, 11) is 0. The average molecular weight is 552 g/mol. The Bertz CT molecular complexity index is 887. The molecule has 3 amide bonds. The van der Waals surface area contributed by atoms with Crippen LogP contribution in [0.1, 0.15) is 80.7 Å². The number of rotatable bonds is 12. The fourth-order valence-electron chi connectivity index (χ4n) is 3.50. The highest BCUT2D eigenvalue weighted by molar-refractivity contribution is 5.69. The van der Waals surface area contributed by atoms with Crippen molar-refractivity contribution >= 4 is 18.3 Å². The molecule has 0 radical (unpaired) electrons. The van der Waals surface area contributed by atoms with E-state index in [0.29, 0.717) is 26.1 Å². The third-order valence-electron chi connectivity index (χ3n) is 5.05. The minimum absolute atomic E-state index is 0.219. The van der Waals surface area contributed by atoms with Gasteiger partial charge in [-0.2, -0.15) is 0 Å². The SMILES string of the molecule is CC(C)(C)OC(=O)NCCC(NC(=O)OC(C)(C)C)C(CCOCc1ccccc1)CNC(=O)OC(C)(C)C. The van der Waals surface area contributed by atoms with E-state index >= 15 is 0 Å². The van der Waals surface area contributed by atoms with Crippen LogP contribution < -0.4 is 16.0 Å². The first-order valence-corrected chi connectivity index (χ1v) is 13.5. The molecule has 10 nitrogen and oxygen atoms in total. The van der Waals surface area contributed by atoms with Gasteiger partial charge in [-0.3, -0.25) is 0 Å². The lowest BCUT2D eigenvalue weighted by Crippen LogP contribution is -2.48. The van der Waals surface area contributed by atoms with Crippen LogP contribution in [-0.2, 0) is 25.6 Å². The number of carbonyl (C=O) groups excluding carboxylic acids is 3. The molecule has 39 heavy (non-hydrogen) atoms. The predicted molar refractivity (Wildman–Crippen MR) is 150 cm³/mol. The van der Waals surface area contributed by atoms with Crippen molar-refractivity contribution in [1.82, 2.24) is 16.0 Å². The summed E-state index contributed by atoms with van der Waals surface area (Å²) in [6.45, 7) is 17.4. The molecule has 0 aliphatic rings. The van der Waals surface area contributed by atoms with Crippen LogP contribution in [0.3, 0.4) is 0 Å². The van der Waals surface area contributed by atoms with Gasteiger partial charge in [0.25, 0.3) is 0 Å². The Hall–Kier alpha value is -3.01. The number of alkyl carbamates (subject to hydrolysis) is 3. The van der Waals surface area contributed by atoms with Crippen molar-refractivity contribution in [3.8, 4) is 0 Å². The van der Waals surface area contributed by atoms with Crippen LogP contribution in [0, 0.1) is 5.92 Å². The molecule has 0 aliphatic heterocycles. The van der Waals surface area contributed by atoms with Crippen LogP contribution in [0.4, 0.5) is 14.4 Å². The molecule has 0 aromatic heterocycles. The van der Waals surface area contributed by atoms with Crippen LogP contribution in [0.25, 0.3) is 0 Å². The molecule has 0 fully saturated rings. The fourth-order valence-corrected chi connectivity index (χ4v) is 3.50. The number of hydrogen-bond acceptors (Lipinski definition) is 7. The predicted octanol–water partition coefficient (Wildman–Crippen LogP) is 5.54. The Labute approximate surface area is 233 Å². The summed E-state index contributed by atoms with van der Waals surface area (Å²) in [5, 5.41) is 8.47. The lowest BCUT2D eigenvalue weighted by molar-refractivity contribution is 0.0444. The minimum Gasteiger partial charge on any atom is -0.444 e. The maximum Gasteiger partial charge on any atom is 0.407 e. The van der Waals surface area contributed by atoms with Crippen LogP contribution in [0.2, 0.25) is 0 Å². The van der Waals surface area contributed by atoms with Gasteiger partial charge in [-0.1, -0.05) is 30.3 Å². The number of nitrogens with one attached hydrogen (secondary N) is 3. The zero-order chi connectivity index (χ0) is 29.7. The highest BCUT2D eigenvalue weighted by Crippen LogP contribution is 2.16. The Morgan fingerprint density at radius 2 is 1.23 bits per heavy atom. The lowest BCUT2D eigenvalue weighted by Gasteiger charge is -2.30. The molecular formula is C29H49N3O7. The Balaban J connectivity index is 2.96. The minimum atomic E-state index is -0.688. The summed E-state index contributed by atoms with van der Waals surface area (Å²) < 4.78 is 22.1. The van der Waals surface area contributed by atoms with Gasteiger partial charge in [0.05, 0.1) is 6.61 Å². The first-order chi connectivity index (χ1) is 17.9. The molecule has 0 heterocycles.